The van der Waals surface area contributed by atoms with Gasteiger partial charge >= 0.3 is 11.9 Å². The number of carbonyl (C=O) groups is 2. The third kappa shape index (κ3) is 42.0. The van der Waals surface area contributed by atoms with Gasteiger partial charge in [0.25, 0.3) is 0 Å². The lowest BCUT2D eigenvalue weighted by molar-refractivity contribution is -0.138. The fourth-order valence-electron chi connectivity index (χ4n) is 4.63. The SMILES string of the molecule is C=CCCCCCCCCC(=O)O.CCCCCCCCCCCCCCCCCCCCCC(=O)O. The highest BCUT2D eigenvalue weighted by atomic mass is 16.4. The summed E-state index contributed by atoms with van der Waals surface area (Å²) in [6, 6.07) is 0. The molecular weight excluding hydrogens is 460 g/mol. The molecule has 0 aromatic carbocycles. The van der Waals surface area contributed by atoms with Gasteiger partial charge in [-0.1, -0.05) is 154 Å². The van der Waals surface area contributed by atoms with Crippen LogP contribution in [0.25, 0.3) is 0 Å². The molecule has 0 radical (unpaired) electrons. The van der Waals surface area contributed by atoms with Crippen molar-refractivity contribution in [1.29, 1.82) is 0 Å². The molecule has 0 aromatic rings. The van der Waals surface area contributed by atoms with E-state index in [4.69, 9.17) is 10.2 Å². The van der Waals surface area contributed by atoms with E-state index in [1.807, 2.05) is 6.08 Å². The van der Waals surface area contributed by atoms with Crippen molar-refractivity contribution in [1.82, 2.24) is 0 Å². The second kappa shape index (κ2) is 34.7. The zero-order chi connectivity index (χ0) is 27.7. The molecule has 0 unspecified atom stereocenters. The molecule has 0 aromatic heterocycles. The summed E-state index contributed by atoms with van der Waals surface area (Å²) >= 11 is 0. The number of carboxylic acids is 2. The summed E-state index contributed by atoms with van der Waals surface area (Å²) in [6.07, 6.45) is 36.2. The summed E-state index contributed by atoms with van der Waals surface area (Å²) in [4.78, 5) is 20.5. The Labute approximate surface area is 231 Å². The van der Waals surface area contributed by atoms with E-state index in [1.54, 1.807) is 0 Å². The predicted molar refractivity (Wildman–Crippen MR) is 160 cm³/mol. The summed E-state index contributed by atoms with van der Waals surface area (Å²) in [5.41, 5.74) is 0. The Bertz CT molecular complexity index is 475. The first-order valence-corrected chi connectivity index (χ1v) is 16.1. The van der Waals surface area contributed by atoms with Gasteiger partial charge in [-0.05, 0) is 25.7 Å². The molecule has 0 aliphatic rings. The molecule has 0 heterocycles. The summed E-state index contributed by atoms with van der Waals surface area (Å²) in [5.74, 6) is -1.33. The van der Waals surface area contributed by atoms with E-state index in [9.17, 15) is 9.59 Å². The van der Waals surface area contributed by atoms with Crippen LogP contribution >= 0.6 is 0 Å². The molecular formula is C33H64O4. The lowest BCUT2D eigenvalue weighted by atomic mass is 10.0. The number of allylic oxidation sites excluding steroid dienone is 1. The Hall–Kier alpha value is -1.32. The molecule has 0 spiro atoms. The molecule has 0 atom stereocenters. The van der Waals surface area contributed by atoms with E-state index in [0.29, 0.717) is 12.8 Å². The van der Waals surface area contributed by atoms with Gasteiger partial charge < -0.3 is 10.2 Å². The van der Waals surface area contributed by atoms with E-state index >= 15 is 0 Å². The van der Waals surface area contributed by atoms with Crippen LogP contribution in [-0.4, -0.2) is 22.2 Å². The molecule has 4 heteroatoms. The average molecular weight is 525 g/mol. The Morgan fingerprint density at radius 3 is 0.946 bits per heavy atom. The largest absolute Gasteiger partial charge is 0.481 e. The molecule has 4 nitrogen and oxygen atoms in total. The third-order valence-corrected chi connectivity index (χ3v) is 7.04. The van der Waals surface area contributed by atoms with Gasteiger partial charge in [-0.15, -0.1) is 6.58 Å². The van der Waals surface area contributed by atoms with Gasteiger partial charge in [-0.25, -0.2) is 0 Å². The first-order chi connectivity index (χ1) is 18.0. The maximum Gasteiger partial charge on any atom is 0.303 e. The van der Waals surface area contributed by atoms with Crippen molar-refractivity contribution < 1.29 is 19.8 Å². The van der Waals surface area contributed by atoms with Crippen molar-refractivity contribution in [2.75, 3.05) is 0 Å². The van der Waals surface area contributed by atoms with Crippen LogP contribution < -0.4 is 0 Å². The number of rotatable bonds is 29. The van der Waals surface area contributed by atoms with Crippen molar-refractivity contribution in [2.24, 2.45) is 0 Å². The minimum atomic E-state index is -0.674. The summed E-state index contributed by atoms with van der Waals surface area (Å²) in [7, 11) is 0. The van der Waals surface area contributed by atoms with Crippen LogP contribution in [0.1, 0.15) is 187 Å². The molecule has 0 saturated heterocycles. The molecule has 220 valence electrons. The van der Waals surface area contributed by atoms with Crippen LogP contribution in [0.4, 0.5) is 0 Å². The van der Waals surface area contributed by atoms with Crippen molar-refractivity contribution in [3.8, 4) is 0 Å². The zero-order valence-electron chi connectivity index (χ0n) is 24.8. The molecule has 0 saturated carbocycles. The van der Waals surface area contributed by atoms with Gasteiger partial charge in [-0.3, -0.25) is 9.59 Å². The molecule has 0 aliphatic carbocycles. The number of hydrogen-bond acceptors (Lipinski definition) is 2. The topological polar surface area (TPSA) is 74.6 Å². The van der Waals surface area contributed by atoms with Crippen LogP contribution in [-0.2, 0) is 9.59 Å². The standard InChI is InChI=1S/C22H44O2.C11H20O2/c1-2-3-4-5-6-7-8-9-10-11-12-13-14-15-16-17-18-19-20-21-22(23)24;1-2-3-4-5-6-7-8-9-10-11(12)13/h2-21H2,1H3,(H,23,24);2H,1,3-10H2,(H,12,13). The normalized spacial score (nSPS) is 10.6. The number of hydrogen-bond donors (Lipinski definition) is 2. The Balaban J connectivity index is 0. The van der Waals surface area contributed by atoms with E-state index in [2.05, 4.69) is 13.5 Å². The zero-order valence-corrected chi connectivity index (χ0v) is 24.8. The molecule has 0 fully saturated rings. The van der Waals surface area contributed by atoms with Crippen LogP contribution in [0.3, 0.4) is 0 Å². The molecule has 0 amide bonds. The lowest BCUT2D eigenvalue weighted by Crippen LogP contribution is -1.93. The number of unbranched alkanes of at least 4 members (excludes halogenated alkanes) is 24. The molecule has 0 aliphatic heterocycles. The fraction of sp³-hybridized carbons (Fsp3) is 0.879. The van der Waals surface area contributed by atoms with E-state index < -0.39 is 11.9 Å². The van der Waals surface area contributed by atoms with E-state index in [1.165, 1.54) is 135 Å². The van der Waals surface area contributed by atoms with Gasteiger partial charge in [0.1, 0.15) is 0 Å². The quantitative estimate of drug-likeness (QED) is 0.0753. The summed E-state index contributed by atoms with van der Waals surface area (Å²) < 4.78 is 0. The second-order valence-corrected chi connectivity index (χ2v) is 10.9. The van der Waals surface area contributed by atoms with Crippen molar-refractivity contribution >= 4 is 11.9 Å². The van der Waals surface area contributed by atoms with Gasteiger partial charge in [0.05, 0.1) is 0 Å². The highest BCUT2D eigenvalue weighted by molar-refractivity contribution is 5.66. The van der Waals surface area contributed by atoms with E-state index in [0.717, 1.165) is 32.1 Å². The van der Waals surface area contributed by atoms with Gasteiger partial charge in [-0.2, -0.15) is 0 Å². The van der Waals surface area contributed by atoms with Gasteiger partial charge in [0.2, 0.25) is 0 Å². The first kappa shape index (κ1) is 37.8. The monoisotopic (exact) mass is 524 g/mol. The van der Waals surface area contributed by atoms with Crippen LogP contribution in [0.5, 0.6) is 0 Å². The van der Waals surface area contributed by atoms with Crippen LogP contribution in [0.15, 0.2) is 12.7 Å². The maximum atomic E-state index is 10.4. The Morgan fingerprint density at radius 2 is 0.703 bits per heavy atom. The maximum absolute atomic E-state index is 10.4. The minimum absolute atomic E-state index is 0.326. The predicted octanol–water partition coefficient (Wildman–Crippen LogP) is 11.3. The van der Waals surface area contributed by atoms with Crippen LogP contribution in [0.2, 0.25) is 0 Å². The molecule has 0 bridgehead atoms. The second-order valence-electron chi connectivity index (χ2n) is 10.9. The van der Waals surface area contributed by atoms with Crippen molar-refractivity contribution in [2.45, 2.75) is 187 Å². The average Bonchev–Trinajstić information content (AvgIpc) is 2.87. The number of aliphatic carboxylic acids is 2. The molecule has 2 N–H and O–H groups in total. The van der Waals surface area contributed by atoms with Gasteiger partial charge in [0.15, 0.2) is 0 Å². The number of carboxylic acid groups (broad SMARTS) is 2. The third-order valence-electron chi connectivity index (χ3n) is 7.04. The van der Waals surface area contributed by atoms with E-state index in [-0.39, 0.29) is 0 Å². The summed E-state index contributed by atoms with van der Waals surface area (Å²) in [6.45, 7) is 5.94. The van der Waals surface area contributed by atoms with Crippen molar-refractivity contribution in [3.63, 3.8) is 0 Å². The minimum Gasteiger partial charge on any atom is -0.481 e. The molecule has 0 rings (SSSR count). The van der Waals surface area contributed by atoms with Gasteiger partial charge in [0, 0.05) is 12.8 Å². The highest BCUT2D eigenvalue weighted by Gasteiger charge is 1.98. The van der Waals surface area contributed by atoms with Crippen molar-refractivity contribution in [3.05, 3.63) is 12.7 Å². The Kier molecular flexibility index (Phi) is 35.5. The highest BCUT2D eigenvalue weighted by Crippen LogP contribution is 2.15. The fourth-order valence-corrected chi connectivity index (χ4v) is 4.63. The summed E-state index contributed by atoms with van der Waals surface area (Å²) in [5, 5.41) is 16.9. The van der Waals surface area contributed by atoms with Crippen LogP contribution in [0, 0.1) is 0 Å². The molecule has 37 heavy (non-hydrogen) atoms. The first-order valence-electron chi connectivity index (χ1n) is 16.1. The Morgan fingerprint density at radius 1 is 0.459 bits per heavy atom. The smallest absolute Gasteiger partial charge is 0.303 e. The lowest BCUT2D eigenvalue weighted by Gasteiger charge is -2.03.